The average Bonchev–Trinajstić information content (AvgIpc) is 3.51. The lowest BCUT2D eigenvalue weighted by molar-refractivity contribution is -0.311. The molecule has 1 aromatic heterocycles. The van der Waals surface area contributed by atoms with Crippen molar-refractivity contribution in [1.29, 1.82) is 0 Å². The van der Waals surface area contributed by atoms with Crippen LogP contribution in [0.25, 0.3) is 0 Å². The summed E-state index contributed by atoms with van der Waals surface area (Å²) in [5.41, 5.74) is 0.445. The molecule has 0 amide bonds. The molecule has 10 atom stereocenters. The van der Waals surface area contributed by atoms with Gasteiger partial charge in [-0.25, -0.2) is 4.79 Å². The van der Waals surface area contributed by atoms with Gasteiger partial charge in [0.25, 0.3) is 0 Å². The summed E-state index contributed by atoms with van der Waals surface area (Å²) in [7, 11) is 0. The third-order valence-electron chi connectivity index (χ3n) is 8.53. The first-order chi connectivity index (χ1) is 17.2. The molecule has 0 radical (unpaired) electrons. The molecule has 5 N–H and O–H groups in total. The lowest BCUT2D eigenvalue weighted by atomic mass is 9.53. The molecule has 0 bridgehead atoms. The van der Waals surface area contributed by atoms with Crippen LogP contribution in [-0.4, -0.2) is 80.9 Å². The highest BCUT2D eigenvalue weighted by molar-refractivity contribution is 5.89. The zero-order chi connectivity index (χ0) is 25.8. The van der Waals surface area contributed by atoms with Crippen LogP contribution in [-0.2, 0) is 23.8 Å². The van der Waals surface area contributed by atoms with Gasteiger partial charge >= 0.3 is 11.9 Å². The van der Waals surface area contributed by atoms with Crippen LogP contribution in [0.4, 0.5) is 0 Å². The molecule has 3 heterocycles. The first-order valence-corrected chi connectivity index (χ1v) is 12.3. The van der Waals surface area contributed by atoms with Gasteiger partial charge in [-0.3, -0.25) is 4.79 Å². The zero-order valence-electron chi connectivity index (χ0n) is 19.9. The largest absolute Gasteiger partial charge is 0.478 e. The van der Waals surface area contributed by atoms with E-state index in [2.05, 4.69) is 0 Å². The van der Waals surface area contributed by atoms with Crippen LogP contribution in [0.3, 0.4) is 0 Å². The van der Waals surface area contributed by atoms with E-state index in [1.54, 1.807) is 6.07 Å². The Morgan fingerprint density at radius 1 is 1.22 bits per heavy atom. The fraction of sp³-hybridized carbons (Fsp3) is 0.680. The predicted molar refractivity (Wildman–Crippen MR) is 119 cm³/mol. The number of carboxylic acids is 1. The van der Waals surface area contributed by atoms with Crippen molar-refractivity contribution in [3.8, 4) is 0 Å². The molecule has 10 unspecified atom stereocenters. The molecule has 11 heteroatoms. The highest BCUT2D eigenvalue weighted by atomic mass is 16.7. The van der Waals surface area contributed by atoms with Gasteiger partial charge in [-0.1, -0.05) is 6.92 Å². The Kier molecular flexibility index (Phi) is 6.73. The van der Waals surface area contributed by atoms with E-state index in [9.17, 15) is 35.1 Å². The van der Waals surface area contributed by atoms with Crippen molar-refractivity contribution in [1.82, 2.24) is 0 Å². The summed E-state index contributed by atoms with van der Waals surface area (Å²) >= 11 is 0. The summed E-state index contributed by atoms with van der Waals surface area (Å²) in [5.74, 6) is -2.19. The maximum absolute atomic E-state index is 13.5. The van der Waals surface area contributed by atoms with Crippen LogP contribution < -0.4 is 0 Å². The number of aliphatic carboxylic acids is 1. The van der Waals surface area contributed by atoms with Gasteiger partial charge in [-0.05, 0) is 49.2 Å². The molecule has 1 aromatic rings. The minimum Gasteiger partial charge on any atom is -0.478 e. The number of hydrogen-bond donors (Lipinski definition) is 5. The number of aliphatic hydroxyl groups excluding tert-OH is 4. The molecular formula is C25H32O11. The SMILES string of the molecule is CC1CC(OC2OC(CO)C(O)C(O)C2O)C2=C(C(=O)O)CCCC2C12CC(c1ccoc1)OC2=O. The van der Waals surface area contributed by atoms with Crippen LogP contribution in [0.2, 0.25) is 0 Å². The van der Waals surface area contributed by atoms with Crippen molar-refractivity contribution in [2.24, 2.45) is 17.3 Å². The fourth-order valence-corrected chi connectivity index (χ4v) is 6.65. The number of carbonyl (C=O) groups is 2. The van der Waals surface area contributed by atoms with E-state index in [1.165, 1.54) is 12.5 Å². The van der Waals surface area contributed by atoms with E-state index in [1.807, 2.05) is 6.92 Å². The Morgan fingerprint density at radius 2 is 2.00 bits per heavy atom. The van der Waals surface area contributed by atoms with Gasteiger partial charge in [-0.2, -0.15) is 0 Å². The van der Waals surface area contributed by atoms with Gasteiger partial charge in [0.1, 0.15) is 30.5 Å². The number of carboxylic acid groups (broad SMARTS) is 1. The molecule has 11 nitrogen and oxygen atoms in total. The van der Waals surface area contributed by atoms with E-state index >= 15 is 0 Å². The number of cyclic esters (lactones) is 1. The summed E-state index contributed by atoms with van der Waals surface area (Å²) in [6, 6.07) is 1.75. The second-order valence-corrected chi connectivity index (χ2v) is 10.3. The summed E-state index contributed by atoms with van der Waals surface area (Å²) in [6.45, 7) is 1.30. The van der Waals surface area contributed by atoms with Crippen molar-refractivity contribution >= 4 is 11.9 Å². The lowest BCUT2D eigenvalue weighted by Crippen LogP contribution is -2.60. The van der Waals surface area contributed by atoms with E-state index < -0.39 is 66.8 Å². The van der Waals surface area contributed by atoms with Crippen molar-refractivity contribution in [3.05, 3.63) is 35.3 Å². The Labute approximate surface area is 207 Å². The van der Waals surface area contributed by atoms with Gasteiger partial charge in [0, 0.05) is 17.6 Å². The maximum Gasteiger partial charge on any atom is 0.331 e. The van der Waals surface area contributed by atoms with Crippen molar-refractivity contribution in [3.63, 3.8) is 0 Å². The first-order valence-electron chi connectivity index (χ1n) is 12.3. The number of fused-ring (bicyclic) bond motifs is 2. The van der Waals surface area contributed by atoms with Gasteiger partial charge in [0.05, 0.1) is 30.7 Å². The standard InChI is InChI=1S/C25H32O11/c1-11-7-15(34-23-21(29)20(28)19(27)17(9-26)35-23)18-13(22(30)31)3-2-4-14(18)25(11)8-16(36-24(25)32)12-5-6-33-10-12/h5-6,10-11,14-17,19-21,23,26-29H,2-4,7-9H2,1H3,(H,30,31). The van der Waals surface area contributed by atoms with Crippen molar-refractivity contribution in [2.45, 2.75) is 81.9 Å². The second-order valence-electron chi connectivity index (χ2n) is 10.3. The maximum atomic E-state index is 13.5. The molecule has 2 aliphatic carbocycles. The van der Waals surface area contributed by atoms with Crippen LogP contribution in [0, 0.1) is 17.3 Å². The number of aliphatic hydroxyl groups is 4. The minimum absolute atomic E-state index is 0.173. The highest BCUT2D eigenvalue weighted by Crippen LogP contribution is 2.61. The molecule has 3 fully saturated rings. The normalized spacial score (nSPS) is 42.9. The second kappa shape index (κ2) is 9.55. The summed E-state index contributed by atoms with van der Waals surface area (Å²) in [5, 5.41) is 50.4. The number of ether oxygens (including phenoxy) is 3. The van der Waals surface area contributed by atoms with Crippen LogP contribution in [0.5, 0.6) is 0 Å². The molecular weight excluding hydrogens is 476 g/mol. The predicted octanol–water partition coefficient (Wildman–Crippen LogP) is 0.660. The first kappa shape index (κ1) is 25.4. The van der Waals surface area contributed by atoms with Crippen LogP contribution >= 0.6 is 0 Å². The monoisotopic (exact) mass is 508 g/mol. The van der Waals surface area contributed by atoms with Crippen molar-refractivity contribution < 1.29 is 53.7 Å². The van der Waals surface area contributed by atoms with Gasteiger partial charge in [-0.15, -0.1) is 0 Å². The van der Waals surface area contributed by atoms with E-state index in [0.717, 1.165) is 5.56 Å². The Hall–Kier alpha value is -2.28. The molecule has 2 saturated heterocycles. The molecule has 198 valence electrons. The highest BCUT2D eigenvalue weighted by Gasteiger charge is 2.63. The third kappa shape index (κ3) is 3.89. The minimum atomic E-state index is -1.62. The third-order valence-corrected chi connectivity index (χ3v) is 8.53. The molecule has 1 saturated carbocycles. The average molecular weight is 509 g/mol. The lowest BCUT2D eigenvalue weighted by Gasteiger charge is -2.51. The number of furan rings is 1. The molecule has 4 aliphatic rings. The topological polar surface area (TPSA) is 176 Å². The summed E-state index contributed by atoms with van der Waals surface area (Å²) < 4.78 is 22.6. The molecule has 1 spiro atoms. The summed E-state index contributed by atoms with van der Waals surface area (Å²) in [6.07, 6.45) is -3.53. The summed E-state index contributed by atoms with van der Waals surface area (Å²) in [4.78, 5) is 25.8. The van der Waals surface area contributed by atoms with Crippen molar-refractivity contribution in [2.75, 3.05) is 6.61 Å². The van der Waals surface area contributed by atoms with Crippen LogP contribution in [0.1, 0.15) is 50.7 Å². The van der Waals surface area contributed by atoms with Crippen LogP contribution in [0.15, 0.2) is 34.2 Å². The molecule has 5 rings (SSSR count). The molecule has 2 aliphatic heterocycles. The molecule has 0 aromatic carbocycles. The Morgan fingerprint density at radius 3 is 2.67 bits per heavy atom. The fourth-order valence-electron chi connectivity index (χ4n) is 6.65. The number of rotatable bonds is 5. The van der Waals surface area contributed by atoms with E-state index in [0.29, 0.717) is 31.3 Å². The van der Waals surface area contributed by atoms with Gasteiger partial charge in [0.2, 0.25) is 0 Å². The zero-order valence-corrected chi connectivity index (χ0v) is 19.9. The van der Waals surface area contributed by atoms with Gasteiger partial charge in [0.15, 0.2) is 6.29 Å². The molecule has 36 heavy (non-hydrogen) atoms. The number of esters is 1. The smallest absolute Gasteiger partial charge is 0.331 e. The number of hydrogen-bond acceptors (Lipinski definition) is 10. The Balaban J connectivity index is 1.50. The Bertz CT molecular complexity index is 1020. The van der Waals surface area contributed by atoms with E-state index in [-0.39, 0.29) is 23.9 Å². The quantitative estimate of drug-likeness (QED) is 0.353. The van der Waals surface area contributed by atoms with Gasteiger partial charge < -0.3 is 44.2 Å². The van der Waals surface area contributed by atoms with E-state index in [4.69, 9.17) is 18.6 Å². The number of carbonyl (C=O) groups excluding carboxylic acids is 1.